The van der Waals surface area contributed by atoms with E-state index in [0.29, 0.717) is 28.7 Å². The Kier molecular flexibility index (Phi) is 6.31. The third-order valence-corrected chi connectivity index (χ3v) is 7.46. The molecule has 2 fully saturated rings. The van der Waals surface area contributed by atoms with Crippen molar-refractivity contribution in [3.8, 4) is 0 Å². The smallest absolute Gasteiger partial charge is 0.324 e. The van der Waals surface area contributed by atoms with Gasteiger partial charge in [-0.05, 0) is 75.9 Å². The van der Waals surface area contributed by atoms with Gasteiger partial charge in [-0.25, -0.2) is 14.7 Å². The Labute approximate surface area is 195 Å². The summed E-state index contributed by atoms with van der Waals surface area (Å²) in [6, 6.07) is 11.5. The number of hydrogen-bond donors (Lipinski definition) is 1. The van der Waals surface area contributed by atoms with Gasteiger partial charge in [-0.15, -0.1) is 0 Å². The number of benzene rings is 1. The highest BCUT2D eigenvalue weighted by Crippen LogP contribution is 2.38. The summed E-state index contributed by atoms with van der Waals surface area (Å²) >= 11 is 0. The number of nitrogens with zero attached hydrogens (tertiary/aromatic N) is 4. The first-order valence-electron chi connectivity index (χ1n) is 12.3. The van der Waals surface area contributed by atoms with Crippen molar-refractivity contribution in [1.82, 2.24) is 14.8 Å². The van der Waals surface area contributed by atoms with E-state index in [1.165, 1.54) is 25.7 Å². The first kappa shape index (κ1) is 21.9. The number of carbonyl (C=O) groups excluding carboxylic acids is 2. The molecule has 0 radical (unpaired) electrons. The van der Waals surface area contributed by atoms with E-state index < -0.39 is 0 Å². The number of carbonyl (C=O) groups is 2. The van der Waals surface area contributed by atoms with Crippen LogP contribution in [0.4, 0.5) is 22.0 Å². The van der Waals surface area contributed by atoms with E-state index in [1.807, 2.05) is 29.2 Å². The van der Waals surface area contributed by atoms with Crippen molar-refractivity contribution in [1.29, 1.82) is 0 Å². The Balaban J connectivity index is 1.35. The Morgan fingerprint density at radius 1 is 1.12 bits per heavy atom. The molecule has 1 saturated heterocycles. The lowest BCUT2D eigenvalue weighted by atomic mass is 9.94. The lowest BCUT2D eigenvalue weighted by Crippen LogP contribution is -2.47. The van der Waals surface area contributed by atoms with Gasteiger partial charge >= 0.3 is 6.03 Å². The van der Waals surface area contributed by atoms with Gasteiger partial charge in [-0.1, -0.05) is 25.0 Å². The molecule has 1 aromatic carbocycles. The van der Waals surface area contributed by atoms with Crippen LogP contribution < -0.4 is 10.2 Å². The molecule has 3 heterocycles. The summed E-state index contributed by atoms with van der Waals surface area (Å²) in [5, 5.41) is 2.94. The molecule has 5 rings (SSSR count). The highest BCUT2D eigenvalue weighted by Gasteiger charge is 2.35. The lowest BCUT2D eigenvalue weighted by Gasteiger charge is -2.37. The van der Waals surface area contributed by atoms with Crippen molar-refractivity contribution in [2.24, 2.45) is 5.92 Å². The number of hydrogen-bond acceptors (Lipinski definition) is 4. The number of piperidine rings is 1. The molecule has 3 aliphatic rings. The molecule has 1 N–H and O–H groups in total. The van der Waals surface area contributed by atoms with Crippen molar-refractivity contribution in [2.45, 2.75) is 51.0 Å². The standard InChI is InChI=1S/C26H33N5O2/c1-29(20-9-2-3-10-20)17-14-19-8-7-16-30(18-19)26(33)31-23-13-5-4-12-22(23)28-25(32)21-11-6-15-27-24(21)31/h4-6,11-13,15,19-20H,2-3,7-10,14,16-18H2,1H3,(H,28,32). The average molecular weight is 448 g/mol. The molecule has 2 aromatic rings. The fourth-order valence-corrected chi connectivity index (χ4v) is 5.55. The van der Waals surface area contributed by atoms with E-state index >= 15 is 0 Å². The number of urea groups is 1. The van der Waals surface area contributed by atoms with Gasteiger partial charge in [0, 0.05) is 25.3 Å². The van der Waals surface area contributed by atoms with Crippen molar-refractivity contribution in [3.05, 3.63) is 48.2 Å². The lowest BCUT2D eigenvalue weighted by molar-refractivity contribution is 0.102. The van der Waals surface area contributed by atoms with Crippen LogP contribution in [0.1, 0.15) is 55.3 Å². The number of rotatable bonds is 4. The maximum Gasteiger partial charge on any atom is 0.330 e. The molecule has 7 heteroatoms. The third-order valence-electron chi connectivity index (χ3n) is 7.46. The van der Waals surface area contributed by atoms with Crippen LogP contribution in [0.15, 0.2) is 42.6 Å². The van der Waals surface area contributed by atoms with Crippen LogP contribution in [-0.2, 0) is 0 Å². The highest BCUT2D eigenvalue weighted by atomic mass is 16.2. The molecule has 1 saturated carbocycles. The van der Waals surface area contributed by atoms with Gasteiger partial charge < -0.3 is 15.1 Å². The molecule has 33 heavy (non-hydrogen) atoms. The van der Waals surface area contributed by atoms with Gasteiger partial charge in [-0.2, -0.15) is 0 Å². The fourth-order valence-electron chi connectivity index (χ4n) is 5.55. The predicted molar refractivity (Wildman–Crippen MR) is 130 cm³/mol. The molecule has 1 unspecified atom stereocenters. The SMILES string of the molecule is CN(CCC1CCCN(C(=O)N2c3ccccc3NC(=O)c3cccnc32)C1)C1CCCC1. The van der Waals surface area contributed by atoms with E-state index in [4.69, 9.17) is 0 Å². The molecule has 1 atom stereocenters. The summed E-state index contributed by atoms with van der Waals surface area (Å²) in [4.78, 5) is 37.3. The second kappa shape index (κ2) is 9.51. The van der Waals surface area contributed by atoms with Crippen LogP contribution in [0, 0.1) is 5.92 Å². The zero-order valence-corrected chi connectivity index (χ0v) is 19.4. The number of aromatic nitrogens is 1. The molecule has 0 spiro atoms. The minimum atomic E-state index is -0.243. The van der Waals surface area contributed by atoms with E-state index in [9.17, 15) is 9.59 Å². The molecule has 3 amide bonds. The van der Waals surface area contributed by atoms with Crippen LogP contribution in [-0.4, -0.2) is 59.4 Å². The Bertz CT molecular complexity index is 1020. The van der Waals surface area contributed by atoms with Crippen LogP contribution >= 0.6 is 0 Å². The van der Waals surface area contributed by atoms with Gasteiger partial charge in [0.2, 0.25) is 0 Å². The molecule has 1 aliphatic carbocycles. The second-order valence-corrected chi connectivity index (χ2v) is 9.63. The Morgan fingerprint density at radius 3 is 2.79 bits per heavy atom. The van der Waals surface area contributed by atoms with Crippen LogP contribution in [0.25, 0.3) is 0 Å². The summed E-state index contributed by atoms with van der Waals surface area (Å²) in [5.74, 6) is 0.650. The summed E-state index contributed by atoms with van der Waals surface area (Å²) in [6.07, 6.45) is 10.3. The zero-order chi connectivity index (χ0) is 22.8. The molecular weight excluding hydrogens is 414 g/mol. The van der Waals surface area contributed by atoms with Gasteiger partial charge in [0.15, 0.2) is 5.82 Å². The summed E-state index contributed by atoms with van der Waals surface area (Å²) < 4.78 is 0. The van der Waals surface area contributed by atoms with Crippen molar-refractivity contribution >= 4 is 29.1 Å². The zero-order valence-electron chi connectivity index (χ0n) is 19.4. The minimum absolute atomic E-state index is 0.104. The first-order chi connectivity index (χ1) is 16.1. The number of pyridine rings is 1. The summed E-state index contributed by atoms with van der Waals surface area (Å²) in [7, 11) is 2.25. The van der Waals surface area contributed by atoms with Gasteiger partial charge in [0.1, 0.15) is 0 Å². The Hall–Kier alpha value is -2.93. The average Bonchev–Trinajstić information content (AvgIpc) is 3.35. The van der Waals surface area contributed by atoms with Crippen molar-refractivity contribution in [2.75, 3.05) is 36.9 Å². The fraction of sp³-hybridized carbons (Fsp3) is 0.500. The number of likely N-dealkylation sites (tertiary alicyclic amines) is 1. The van der Waals surface area contributed by atoms with Crippen LogP contribution in [0.3, 0.4) is 0 Å². The number of para-hydroxylation sites is 2. The van der Waals surface area contributed by atoms with Crippen LogP contribution in [0.2, 0.25) is 0 Å². The maximum atomic E-state index is 13.9. The number of fused-ring (bicyclic) bond motifs is 2. The number of nitrogens with one attached hydrogen (secondary N) is 1. The summed E-state index contributed by atoms with van der Waals surface area (Å²) in [6.45, 7) is 2.57. The maximum absolute atomic E-state index is 13.9. The molecule has 1 aromatic heterocycles. The Morgan fingerprint density at radius 2 is 1.94 bits per heavy atom. The minimum Gasteiger partial charge on any atom is -0.324 e. The van der Waals surface area contributed by atoms with Gasteiger partial charge in [-0.3, -0.25) is 4.79 Å². The normalized spacial score (nSPS) is 20.9. The third kappa shape index (κ3) is 4.47. The van der Waals surface area contributed by atoms with E-state index in [-0.39, 0.29) is 11.9 Å². The van der Waals surface area contributed by atoms with E-state index in [1.54, 1.807) is 23.2 Å². The van der Waals surface area contributed by atoms with E-state index in [0.717, 1.165) is 44.9 Å². The quantitative estimate of drug-likeness (QED) is 0.725. The first-order valence-corrected chi connectivity index (χ1v) is 12.3. The monoisotopic (exact) mass is 447 g/mol. The van der Waals surface area contributed by atoms with Crippen molar-refractivity contribution in [3.63, 3.8) is 0 Å². The topological polar surface area (TPSA) is 68.8 Å². The van der Waals surface area contributed by atoms with Crippen molar-refractivity contribution < 1.29 is 9.59 Å². The molecular formula is C26H33N5O2. The highest BCUT2D eigenvalue weighted by molar-refractivity contribution is 6.16. The second-order valence-electron chi connectivity index (χ2n) is 9.63. The van der Waals surface area contributed by atoms with Gasteiger partial charge in [0.25, 0.3) is 5.91 Å². The summed E-state index contributed by atoms with van der Waals surface area (Å²) in [5.41, 5.74) is 1.70. The predicted octanol–water partition coefficient (Wildman–Crippen LogP) is 4.88. The van der Waals surface area contributed by atoms with Crippen LogP contribution in [0.5, 0.6) is 0 Å². The molecule has 7 nitrogen and oxygen atoms in total. The van der Waals surface area contributed by atoms with E-state index in [2.05, 4.69) is 22.2 Å². The molecule has 0 bridgehead atoms. The molecule has 174 valence electrons. The largest absolute Gasteiger partial charge is 0.330 e. The van der Waals surface area contributed by atoms with Gasteiger partial charge in [0.05, 0.1) is 16.9 Å². The number of amides is 3. The molecule has 2 aliphatic heterocycles. The number of anilines is 3.